The van der Waals surface area contributed by atoms with Gasteiger partial charge in [0.15, 0.2) is 11.5 Å². The van der Waals surface area contributed by atoms with Crippen molar-refractivity contribution >= 4 is 22.4 Å². The Kier molecular flexibility index (Phi) is 5.05. The van der Waals surface area contributed by atoms with Crippen molar-refractivity contribution in [1.82, 2.24) is 4.98 Å². The zero-order valence-corrected chi connectivity index (χ0v) is 16.0. The fraction of sp³-hybridized carbons (Fsp3) is 0.190. The first kappa shape index (κ1) is 19.0. The number of terminal acetylenes is 1. The molecule has 28 heavy (non-hydrogen) atoms. The first-order chi connectivity index (χ1) is 13.5. The van der Waals surface area contributed by atoms with Gasteiger partial charge in [-0.05, 0) is 18.2 Å². The third-order valence-corrected chi connectivity index (χ3v) is 4.47. The van der Waals surface area contributed by atoms with Gasteiger partial charge in [-0.15, -0.1) is 6.42 Å². The summed E-state index contributed by atoms with van der Waals surface area (Å²) in [5, 5.41) is 0.643. The summed E-state index contributed by atoms with van der Waals surface area (Å²) in [6.07, 6.45) is 5.53. The van der Waals surface area contributed by atoms with Gasteiger partial charge in [0.25, 0.3) is 0 Å². The maximum atomic E-state index is 13.1. The number of ketones is 1. The van der Waals surface area contributed by atoms with Crippen LogP contribution in [0.5, 0.6) is 23.0 Å². The highest BCUT2D eigenvalue weighted by molar-refractivity contribution is 6.16. The molecule has 0 atom stereocenters. The molecule has 0 radical (unpaired) electrons. The van der Waals surface area contributed by atoms with Gasteiger partial charge in [-0.2, -0.15) is 0 Å². The number of anilines is 1. The van der Waals surface area contributed by atoms with Crippen LogP contribution in [0.1, 0.15) is 21.6 Å². The Morgan fingerprint density at radius 1 is 0.964 bits per heavy atom. The van der Waals surface area contributed by atoms with Gasteiger partial charge in [0, 0.05) is 17.0 Å². The average Bonchev–Trinajstić information content (AvgIpc) is 3.06. The lowest BCUT2D eigenvalue weighted by molar-refractivity contribution is 0.103. The molecule has 0 bridgehead atoms. The molecule has 0 aliphatic rings. The van der Waals surface area contributed by atoms with Crippen molar-refractivity contribution in [2.45, 2.75) is 0 Å². The molecule has 1 aromatic heterocycles. The molecule has 1 heterocycles. The minimum atomic E-state index is -0.325. The number of methoxy groups -OCH3 is 4. The van der Waals surface area contributed by atoms with Crippen LogP contribution in [0.2, 0.25) is 0 Å². The molecular formula is C21H20N2O5. The van der Waals surface area contributed by atoms with E-state index in [1.54, 1.807) is 24.3 Å². The number of nitrogen functional groups attached to an aromatic ring is 1. The van der Waals surface area contributed by atoms with Gasteiger partial charge in [-0.25, -0.2) is 0 Å². The first-order valence-corrected chi connectivity index (χ1v) is 8.29. The lowest BCUT2D eigenvalue weighted by atomic mass is 10.0. The topological polar surface area (TPSA) is 95.8 Å². The number of aromatic nitrogens is 1. The number of nitrogens with two attached hydrogens (primary N) is 1. The number of carbonyl (C=O) groups is 1. The molecule has 7 heteroatoms. The number of aromatic amines is 1. The predicted octanol–water partition coefficient (Wildman–Crippen LogP) is 3.00. The Bertz CT molecular complexity index is 1080. The quantitative estimate of drug-likeness (QED) is 0.504. The molecule has 7 nitrogen and oxygen atoms in total. The smallest absolute Gasteiger partial charge is 0.211 e. The number of hydrogen-bond donors (Lipinski definition) is 2. The summed E-state index contributed by atoms with van der Waals surface area (Å²) in [6, 6.07) is 6.57. The number of benzene rings is 2. The third kappa shape index (κ3) is 2.95. The number of nitrogens with one attached hydrogen (secondary N) is 1. The molecule has 0 saturated carbocycles. The highest BCUT2D eigenvalue weighted by Gasteiger charge is 2.22. The second-order valence-corrected chi connectivity index (χ2v) is 5.90. The molecule has 0 aliphatic heterocycles. The molecule has 3 aromatic rings. The van der Waals surface area contributed by atoms with Crippen molar-refractivity contribution < 1.29 is 23.7 Å². The summed E-state index contributed by atoms with van der Waals surface area (Å²) in [5.41, 5.74) is 8.30. The van der Waals surface area contributed by atoms with Gasteiger partial charge in [0.2, 0.25) is 11.5 Å². The van der Waals surface area contributed by atoms with Crippen molar-refractivity contribution in [3.05, 3.63) is 41.1 Å². The second kappa shape index (κ2) is 7.45. The van der Waals surface area contributed by atoms with E-state index < -0.39 is 0 Å². The Labute approximate surface area is 162 Å². The fourth-order valence-corrected chi connectivity index (χ4v) is 3.06. The van der Waals surface area contributed by atoms with E-state index in [0.29, 0.717) is 50.7 Å². The number of rotatable bonds is 6. The number of hydrogen-bond acceptors (Lipinski definition) is 6. The second-order valence-electron chi connectivity index (χ2n) is 5.90. The van der Waals surface area contributed by atoms with Gasteiger partial charge in [-0.1, -0.05) is 5.92 Å². The molecule has 0 fully saturated rings. The summed E-state index contributed by atoms with van der Waals surface area (Å²) in [7, 11) is 5.98. The van der Waals surface area contributed by atoms with Crippen molar-refractivity contribution in [3.63, 3.8) is 0 Å². The largest absolute Gasteiger partial charge is 0.495 e. The van der Waals surface area contributed by atoms with E-state index in [9.17, 15) is 4.79 Å². The van der Waals surface area contributed by atoms with Gasteiger partial charge in [0.05, 0.1) is 45.2 Å². The van der Waals surface area contributed by atoms with E-state index >= 15 is 0 Å². The predicted molar refractivity (Wildman–Crippen MR) is 107 cm³/mol. The minimum absolute atomic E-state index is 0.237. The van der Waals surface area contributed by atoms with Crippen LogP contribution < -0.4 is 24.7 Å². The van der Waals surface area contributed by atoms with Gasteiger partial charge >= 0.3 is 0 Å². The van der Waals surface area contributed by atoms with Crippen LogP contribution in [-0.2, 0) is 0 Å². The number of ether oxygens (including phenoxy) is 4. The summed E-state index contributed by atoms with van der Waals surface area (Å²) in [4.78, 5) is 16.2. The van der Waals surface area contributed by atoms with E-state index in [1.807, 2.05) is 0 Å². The zero-order chi connectivity index (χ0) is 20.4. The minimum Gasteiger partial charge on any atom is -0.495 e. The summed E-state index contributed by atoms with van der Waals surface area (Å²) in [6.45, 7) is 0. The van der Waals surface area contributed by atoms with E-state index in [1.165, 1.54) is 28.4 Å². The van der Waals surface area contributed by atoms with E-state index in [0.717, 1.165) is 0 Å². The van der Waals surface area contributed by atoms with E-state index in [-0.39, 0.29) is 11.5 Å². The summed E-state index contributed by atoms with van der Waals surface area (Å²) in [5.74, 6) is 3.89. The first-order valence-electron chi connectivity index (χ1n) is 8.29. The Balaban J connectivity index is 2.16. The van der Waals surface area contributed by atoms with Crippen LogP contribution in [0.4, 0.5) is 5.69 Å². The van der Waals surface area contributed by atoms with Gasteiger partial charge in [0.1, 0.15) is 11.4 Å². The monoisotopic (exact) mass is 380 g/mol. The van der Waals surface area contributed by atoms with Crippen molar-refractivity contribution in [2.75, 3.05) is 34.2 Å². The lowest BCUT2D eigenvalue weighted by Crippen LogP contribution is -2.06. The third-order valence-electron chi connectivity index (χ3n) is 4.47. The van der Waals surface area contributed by atoms with Crippen LogP contribution in [0.25, 0.3) is 10.9 Å². The standard InChI is InChI=1S/C21H20N2O5/c1-6-11-7-13-14(10-15(11)25-2)23-19(18(13)22)20(24)12-8-16(26-3)21(28-5)17(9-12)27-4/h1,7-10,23H,22H2,2-5H3. The molecule has 3 N–H and O–H groups in total. The van der Waals surface area contributed by atoms with Gasteiger partial charge in [-0.3, -0.25) is 4.79 Å². The average molecular weight is 380 g/mol. The zero-order valence-electron chi connectivity index (χ0n) is 16.0. The normalized spacial score (nSPS) is 10.4. The van der Waals surface area contributed by atoms with Crippen LogP contribution in [-0.4, -0.2) is 39.2 Å². The molecule has 0 saturated heterocycles. The molecule has 3 rings (SSSR count). The Morgan fingerprint density at radius 2 is 1.57 bits per heavy atom. The number of carbonyl (C=O) groups excluding carboxylic acids is 1. The molecule has 0 spiro atoms. The van der Waals surface area contributed by atoms with Crippen LogP contribution >= 0.6 is 0 Å². The number of fused-ring (bicyclic) bond motifs is 1. The molecule has 0 aliphatic carbocycles. The van der Waals surface area contributed by atoms with E-state index in [2.05, 4.69) is 10.9 Å². The van der Waals surface area contributed by atoms with Gasteiger partial charge < -0.3 is 29.7 Å². The molecular weight excluding hydrogens is 360 g/mol. The summed E-state index contributed by atoms with van der Waals surface area (Å²) >= 11 is 0. The lowest BCUT2D eigenvalue weighted by Gasteiger charge is -2.13. The van der Waals surface area contributed by atoms with Crippen molar-refractivity contribution in [2.24, 2.45) is 0 Å². The van der Waals surface area contributed by atoms with E-state index in [4.69, 9.17) is 31.1 Å². The van der Waals surface area contributed by atoms with Crippen molar-refractivity contribution in [1.29, 1.82) is 0 Å². The highest BCUT2D eigenvalue weighted by Crippen LogP contribution is 2.39. The molecule has 2 aromatic carbocycles. The fourth-order valence-electron chi connectivity index (χ4n) is 3.06. The van der Waals surface area contributed by atoms with Crippen LogP contribution in [0.3, 0.4) is 0 Å². The SMILES string of the molecule is C#Cc1cc2c(N)c(C(=O)c3cc(OC)c(OC)c(OC)c3)[nH]c2cc1OC. The molecule has 0 unspecified atom stereocenters. The Hall–Kier alpha value is -3.79. The Morgan fingerprint density at radius 3 is 2.07 bits per heavy atom. The maximum absolute atomic E-state index is 13.1. The van der Waals surface area contributed by atoms with Crippen LogP contribution in [0.15, 0.2) is 24.3 Å². The molecule has 144 valence electrons. The maximum Gasteiger partial charge on any atom is 0.211 e. The number of H-pyrrole nitrogens is 1. The molecule has 0 amide bonds. The highest BCUT2D eigenvalue weighted by atomic mass is 16.5. The van der Waals surface area contributed by atoms with Crippen LogP contribution in [0, 0.1) is 12.3 Å². The van der Waals surface area contributed by atoms with Crippen molar-refractivity contribution in [3.8, 4) is 35.3 Å². The summed E-state index contributed by atoms with van der Waals surface area (Å²) < 4.78 is 21.2.